The van der Waals surface area contributed by atoms with E-state index >= 15 is 0 Å². The number of aliphatic hydroxyl groups excluding tert-OH is 1. The molecule has 3 N–H and O–H groups in total. The molecule has 2 rings (SSSR count). The minimum absolute atomic E-state index is 0.0142. The first-order chi connectivity index (χ1) is 8.80. The zero-order chi connectivity index (χ0) is 14.3. The molecule has 2 atom stereocenters. The van der Waals surface area contributed by atoms with Gasteiger partial charge in [0.2, 0.25) is 0 Å². The molecule has 0 aliphatic carbocycles. The lowest BCUT2D eigenvalue weighted by Crippen LogP contribution is -2.38. The van der Waals surface area contributed by atoms with Gasteiger partial charge in [0.25, 0.3) is 0 Å². The van der Waals surface area contributed by atoms with Crippen molar-refractivity contribution < 1.29 is 17.9 Å². The predicted octanol–water partition coefficient (Wildman–Crippen LogP) is 1.39. The molecule has 0 saturated carbocycles. The molecule has 1 fully saturated rings. The topological polar surface area (TPSA) is 80.4 Å². The number of nitrogens with two attached hydrogens (primary N) is 1. The molecular weight excluding hydrogens is 337 g/mol. The number of hydrogen-bond acceptors (Lipinski definition) is 4. The second-order valence-electron chi connectivity index (χ2n) is 4.98. The summed E-state index contributed by atoms with van der Waals surface area (Å²) in [5.74, 6) is -0.639. The van der Waals surface area contributed by atoms with Gasteiger partial charge in [-0.3, -0.25) is 0 Å². The van der Waals surface area contributed by atoms with Crippen LogP contribution < -0.4 is 5.73 Å². The van der Waals surface area contributed by atoms with Gasteiger partial charge in [0, 0.05) is 12.0 Å². The molecular formula is C12H15BrFNO3S. The van der Waals surface area contributed by atoms with Gasteiger partial charge < -0.3 is 10.8 Å². The van der Waals surface area contributed by atoms with E-state index in [1.54, 1.807) is 6.07 Å². The van der Waals surface area contributed by atoms with E-state index in [-0.39, 0.29) is 18.1 Å². The zero-order valence-corrected chi connectivity index (χ0v) is 12.5. The molecule has 0 radical (unpaired) electrons. The second-order valence-corrected chi connectivity index (χ2v) is 8.02. The van der Waals surface area contributed by atoms with E-state index < -0.39 is 27.2 Å². The third-order valence-electron chi connectivity index (χ3n) is 3.66. The Hall–Kier alpha value is -0.500. The van der Waals surface area contributed by atoms with Crippen LogP contribution in [0, 0.1) is 11.2 Å². The van der Waals surface area contributed by atoms with Crippen molar-refractivity contribution >= 4 is 25.8 Å². The number of rotatable bonds is 3. The van der Waals surface area contributed by atoms with E-state index in [0.717, 1.165) is 0 Å². The van der Waals surface area contributed by atoms with Crippen LogP contribution in [-0.4, -0.2) is 31.6 Å². The van der Waals surface area contributed by atoms with Gasteiger partial charge in [-0.15, -0.1) is 0 Å². The van der Waals surface area contributed by atoms with E-state index in [1.165, 1.54) is 12.1 Å². The lowest BCUT2D eigenvalue weighted by molar-refractivity contribution is 0.0469. The molecule has 2 unspecified atom stereocenters. The molecule has 19 heavy (non-hydrogen) atoms. The quantitative estimate of drug-likeness (QED) is 0.862. The van der Waals surface area contributed by atoms with Crippen molar-refractivity contribution in [1.29, 1.82) is 0 Å². The Labute approximate surface area is 119 Å². The molecule has 1 aliphatic rings. The standard InChI is InChI=1S/C12H15BrFNO3S/c13-9-2-1-8(5-10(9)14)11(16)12(6-15)3-4-19(17,18)7-12/h1-2,5,11,16H,3-4,6-7,15H2. The van der Waals surface area contributed by atoms with E-state index in [2.05, 4.69) is 15.9 Å². The van der Waals surface area contributed by atoms with Crippen LogP contribution >= 0.6 is 15.9 Å². The molecule has 0 bridgehead atoms. The molecule has 0 spiro atoms. The summed E-state index contributed by atoms with van der Waals surface area (Å²) in [5, 5.41) is 10.4. The van der Waals surface area contributed by atoms with Gasteiger partial charge in [-0.2, -0.15) is 0 Å². The number of benzene rings is 1. The van der Waals surface area contributed by atoms with Gasteiger partial charge in [-0.25, -0.2) is 12.8 Å². The van der Waals surface area contributed by atoms with Crippen LogP contribution in [0.15, 0.2) is 22.7 Å². The summed E-state index contributed by atoms with van der Waals surface area (Å²) in [4.78, 5) is 0. The number of halogens is 2. The van der Waals surface area contributed by atoms with Gasteiger partial charge in [-0.1, -0.05) is 6.07 Å². The van der Waals surface area contributed by atoms with Crippen molar-refractivity contribution in [3.05, 3.63) is 34.1 Å². The first-order valence-corrected chi connectivity index (χ1v) is 8.45. The van der Waals surface area contributed by atoms with Crippen molar-refractivity contribution in [2.45, 2.75) is 12.5 Å². The van der Waals surface area contributed by atoms with E-state index in [1.807, 2.05) is 0 Å². The first kappa shape index (κ1) is 14.9. The van der Waals surface area contributed by atoms with Gasteiger partial charge in [0.1, 0.15) is 5.82 Å². The van der Waals surface area contributed by atoms with Crippen molar-refractivity contribution in [2.24, 2.45) is 11.1 Å². The van der Waals surface area contributed by atoms with Crippen LogP contribution in [0.3, 0.4) is 0 Å². The highest BCUT2D eigenvalue weighted by atomic mass is 79.9. The molecule has 1 saturated heterocycles. The molecule has 1 aromatic rings. The second kappa shape index (κ2) is 5.12. The predicted molar refractivity (Wildman–Crippen MR) is 73.8 cm³/mol. The largest absolute Gasteiger partial charge is 0.388 e. The van der Waals surface area contributed by atoms with Crippen molar-refractivity contribution in [3.63, 3.8) is 0 Å². The first-order valence-electron chi connectivity index (χ1n) is 5.83. The molecule has 4 nitrogen and oxygen atoms in total. The molecule has 1 heterocycles. The summed E-state index contributed by atoms with van der Waals surface area (Å²) < 4.78 is 37.0. The lowest BCUT2D eigenvalue weighted by Gasteiger charge is -2.32. The summed E-state index contributed by atoms with van der Waals surface area (Å²) in [7, 11) is -3.18. The van der Waals surface area contributed by atoms with Crippen molar-refractivity contribution in [3.8, 4) is 0 Å². The monoisotopic (exact) mass is 351 g/mol. The maximum Gasteiger partial charge on any atom is 0.151 e. The van der Waals surface area contributed by atoms with Gasteiger partial charge in [0.05, 0.1) is 22.1 Å². The minimum Gasteiger partial charge on any atom is -0.388 e. The number of aliphatic hydroxyl groups is 1. The Morgan fingerprint density at radius 2 is 2.21 bits per heavy atom. The van der Waals surface area contributed by atoms with Crippen LogP contribution in [0.1, 0.15) is 18.1 Å². The molecule has 0 aromatic heterocycles. The van der Waals surface area contributed by atoms with Crippen LogP contribution in [0.5, 0.6) is 0 Å². The van der Waals surface area contributed by atoms with Crippen LogP contribution in [0.25, 0.3) is 0 Å². The molecule has 7 heteroatoms. The Kier molecular flexibility index (Phi) is 4.02. The summed E-state index contributed by atoms with van der Waals surface area (Å²) in [5.41, 5.74) is 5.10. The van der Waals surface area contributed by atoms with E-state index in [0.29, 0.717) is 16.5 Å². The number of sulfone groups is 1. The van der Waals surface area contributed by atoms with Gasteiger partial charge in [-0.05, 0) is 40.0 Å². The summed E-state index contributed by atoms with van der Waals surface area (Å²) in [6, 6.07) is 4.26. The van der Waals surface area contributed by atoms with E-state index in [4.69, 9.17) is 5.73 Å². The SMILES string of the molecule is NCC1(C(O)c2ccc(Br)c(F)c2)CCS(=O)(=O)C1. The average Bonchev–Trinajstić information content (AvgIpc) is 2.69. The zero-order valence-electron chi connectivity index (χ0n) is 10.1. The summed E-state index contributed by atoms with van der Waals surface area (Å²) in [6.07, 6.45) is -0.789. The highest BCUT2D eigenvalue weighted by Gasteiger charge is 2.47. The summed E-state index contributed by atoms with van der Waals surface area (Å²) in [6.45, 7) is 0.0467. The molecule has 0 amide bonds. The van der Waals surface area contributed by atoms with Crippen LogP contribution in [0.4, 0.5) is 4.39 Å². The smallest absolute Gasteiger partial charge is 0.151 e. The minimum atomic E-state index is -3.18. The molecule has 1 aliphatic heterocycles. The molecule has 1 aromatic carbocycles. The number of hydrogen-bond donors (Lipinski definition) is 2. The summed E-state index contributed by atoms with van der Waals surface area (Å²) >= 11 is 3.03. The van der Waals surface area contributed by atoms with E-state index in [9.17, 15) is 17.9 Å². The Morgan fingerprint density at radius 1 is 1.53 bits per heavy atom. The highest BCUT2D eigenvalue weighted by Crippen LogP contribution is 2.42. The van der Waals surface area contributed by atoms with Crippen LogP contribution in [0.2, 0.25) is 0 Å². The van der Waals surface area contributed by atoms with Crippen molar-refractivity contribution in [2.75, 3.05) is 18.1 Å². The fourth-order valence-corrected chi connectivity index (χ4v) is 4.87. The van der Waals surface area contributed by atoms with Gasteiger partial charge in [0.15, 0.2) is 9.84 Å². The fourth-order valence-electron chi connectivity index (χ4n) is 2.47. The molecule has 106 valence electrons. The Morgan fingerprint density at radius 3 is 2.68 bits per heavy atom. The fraction of sp³-hybridized carbons (Fsp3) is 0.500. The Bertz CT molecular complexity index is 593. The maximum absolute atomic E-state index is 13.5. The average molecular weight is 352 g/mol. The van der Waals surface area contributed by atoms with Gasteiger partial charge >= 0.3 is 0 Å². The highest BCUT2D eigenvalue weighted by molar-refractivity contribution is 9.10. The third kappa shape index (κ3) is 2.84. The van der Waals surface area contributed by atoms with Crippen molar-refractivity contribution in [1.82, 2.24) is 0 Å². The lowest BCUT2D eigenvalue weighted by atomic mass is 9.78. The normalized spacial score (nSPS) is 27.4. The maximum atomic E-state index is 13.5. The third-order valence-corrected chi connectivity index (χ3v) is 6.15. The Balaban J connectivity index is 2.36. The van der Waals surface area contributed by atoms with Crippen LogP contribution in [-0.2, 0) is 9.84 Å².